The minimum atomic E-state index is -0.466. The summed E-state index contributed by atoms with van der Waals surface area (Å²) in [5.74, 6) is 1.91. The molecule has 0 saturated carbocycles. The van der Waals surface area contributed by atoms with Gasteiger partial charge in [-0.2, -0.15) is 0 Å². The summed E-state index contributed by atoms with van der Waals surface area (Å²) in [6, 6.07) is 0.222. The van der Waals surface area contributed by atoms with E-state index in [1.807, 2.05) is 20.8 Å². The average molecular weight is 491 g/mol. The number of nitrogens with one attached hydrogen (secondary N) is 1. The molecule has 1 fully saturated rings. The number of ether oxygens (including phenoxy) is 1. The number of fused-ring (bicyclic) bond motifs is 1. The quantitative estimate of drug-likeness (QED) is 0.640. The van der Waals surface area contributed by atoms with Crippen molar-refractivity contribution in [1.29, 1.82) is 0 Å². The predicted molar refractivity (Wildman–Crippen MR) is 113 cm³/mol. The van der Waals surface area contributed by atoms with Gasteiger partial charge in [-0.05, 0) is 20.8 Å². The van der Waals surface area contributed by atoms with Crippen molar-refractivity contribution in [2.75, 3.05) is 32.7 Å². The van der Waals surface area contributed by atoms with Crippen LogP contribution < -0.4 is 5.32 Å². The van der Waals surface area contributed by atoms with E-state index in [1.54, 1.807) is 11.2 Å². The van der Waals surface area contributed by atoms with Gasteiger partial charge < -0.3 is 24.4 Å². The monoisotopic (exact) mass is 491 g/mol. The number of nitrogens with zero attached hydrogens (tertiary/aromatic N) is 6. The number of aromatic nitrogens is 3. The fourth-order valence-corrected chi connectivity index (χ4v) is 3.25. The van der Waals surface area contributed by atoms with E-state index in [9.17, 15) is 4.79 Å². The topological polar surface area (TPSA) is 87.9 Å². The van der Waals surface area contributed by atoms with Gasteiger partial charge in [-0.3, -0.25) is 4.99 Å². The number of piperazine rings is 1. The Hall–Kier alpha value is -1.59. The number of guanidine groups is 1. The third-order valence-electron chi connectivity index (χ3n) is 4.51. The van der Waals surface area contributed by atoms with Crippen LogP contribution in [0.1, 0.15) is 33.5 Å². The van der Waals surface area contributed by atoms with Crippen LogP contribution in [-0.4, -0.2) is 81.0 Å². The number of carbonyl (C=O) groups excluding carboxylic acids is 1. The van der Waals surface area contributed by atoms with Gasteiger partial charge in [0.25, 0.3) is 0 Å². The van der Waals surface area contributed by atoms with E-state index in [0.29, 0.717) is 19.6 Å². The van der Waals surface area contributed by atoms with Crippen molar-refractivity contribution < 1.29 is 9.53 Å². The number of aryl methyl sites for hydroxylation is 1. The Morgan fingerprint density at radius 3 is 2.85 bits per heavy atom. The van der Waals surface area contributed by atoms with Gasteiger partial charge in [0.1, 0.15) is 17.8 Å². The third-order valence-corrected chi connectivity index (χ3v) is 4.51. The highest BCUT2D eigenvalue weighted by atomic mass is 127. The molecular weight excluding hydrogens is 461 g/mol. The van der Waals surface area contributed by atoms with Crippen molar-refractivity contribution in [2.45, 2.75) is 52.3 Å². The largest absolute Gasteiger partial charge is 0.444 e. The zero-order valence-corrected chi connectivity index (χ0v) is 18.8. The second-order valence-corrected chi connectivity index (χ2v) is 7.66. The number of rotatable bonds is 4. The van der Waals surface area contributed by atoms with Gasteiger partial charge in [0.15, 0.2) is 5.96 Å². The van der Waals surface area contributed by atoms with E-state index in [-0.39, 0.29) is 36.1 Å². The molecule has 0 aromatic carbocycles. The SMILES string of the molecule is CCc1nncn1CCNC1=NCC2CN(C(=O)OC(C)(C)C)CCN12.I. The van der Waals surface area contributed by atoms with E-state index < -0.39 is 5.60 Å². The molecule has 3 rings (SSSR count). The van der Waals surface area contributed by atoms with Crippen molar-refractivity contribution in [3.63, 3.8) is 0 Å². The van der Waals surface area contributed by atoms with Gasteiger partial charge in [0.2, 0.25) is 0 Å². The van der Waals surface area contributed by atoms with Crippen LogP contribution in [0.25, 0.3) is 0 Å². The number of hydrogen-bond acceptors (Lipinski definition) is 7. The van der Waals surface area contributed by atoms with Gasteiger partial charge in [0, 0.05) is 39.1 Å². The zero-order valence-electron chi connectivity index (χ0n) is 16.5. The Balaban J connectivity index is 0.00000261. The lowest BCUT2D eigenvalue weighted by atomic mass is 10.2. The highest BCUT2D eigenvalue weighted by molar-refractivity contribution is 14.0. The first-order valence-corrected chi connectivity index (χ1v) is 9.27. The van der Waals surface area contributed by atoms with Crippen LogP contribution in [0.4, 0.5) is 4.79 Å². The molecule has 3 heterocycles. The summed E-state index contributed by atoms with van der Waals surface area (Å²) in [5.41, 5.74) is -0.466. The minimum Gasteiger partial charge on any atom is -0.444 e. The molecule has 0 spiro atoms. The van der Waals surface area contributed by atoms with Gasteiger partial charge in [-0.15, -0.1) is 34.2 Å². The first kappa shape index (κ1) is 21.7. The Bertz CT molecular complexity index is 670. The molecule has 152 valence electrons. The molecule has 9 nitrogen and oxygen atoms in total. The maximum Gasteiger partial charge on any atom is 0.410 e. The van der Waals surface area contributed by atoms with Crippen molar-refractivity contribution in [2.24, 2.45) is 4.99 Å². The smallest absolute Gasteiger partial charge is 0.410 e. The van der Waals surface area contributed by atoms with Crippen LogP contribution >= 0.6 is 24.0 Å². The first-order valence-electron chi connectivity index (χ1n) is 9.27. The van der Waals surface area contributed by atoms with Crippen molar-refractivity contribution in [3.8, 4) is 0 Å². The number of halogens is 1. The molecule has 1 atom stereocenters. The highest BCUT2D eigenvalue weighted by Crippen LogP contribution is 2.18. The summed E-state index contributed by atoms with van der Waals surface area (Å²) in [7, 11) is 0. The second-order valence-electron chi connectivity index (χ2n) is 7.66. The molecule has 1 aromatic rings. The van der Waals surface area contributed by atoms with Crippen molar-refractivity contribution >= 4 is 36.0 Å². The minimum absolute atomic E-state index is 0. The second kappa shape index (κ2) is 9.07. The molecule has 1 amide bonds. The van der Waals surface area contributed by atoms with Crippen molar-refractivity contribution in [3.05, 3.63) is 12.2 Å². The zero-order chi connectivity index (χ0) is 18.7. The van der Waals surface area contributed by atoms with Gasteiger partial charge in [-0.1, -0.05) is 6.92 Å². The molecular formula is C17H30IN7O2. The van der Waals surface area contributed by atoms with E-state index in [1.165, 1.54) is 0 Å². The number of carbonyl (C=O) groups is 1. The van der Waals surface area contributed by atoms with Gasteiger partial charge in [0.05, 0.1) is 12.6 Å². The maximum absolute atomic E-state index is 12.3. The number of amides is 1. The van der Waals surface area contributed by atoms with Crippen molar-refractivity contribution in [1.82, 2.24) is 29.9 Å². The summed E-state index contributed by atoms with van der Waals surface area (Å²) < 4.78 is 7.54. The van der Waals surface area contributed by atoms with E-state index in [4.69, 9.17) is 4.74 Å². The van der Waals surface area contributed by atoms with E-state index in [2.05, 4.69) is 36.9 Å². The molecule has 1 N–H and O–H groups in total. The predicted octanol–water partition coefficient (Wildman–Crippen LogP) is 1.34. The molecule has 1 aromatic heterocycles. The summed E-state index contributed by atoms with van der Waals surface area (Å²) in [6.45, 7) is 12.1. The third kappa shape index (κ3) is 5.45. The summed E-state index contributed by atoms with van der Waals surface area (Å²) in [6.07, 6.45) is 2.40. The van der Waals surface area contributed by atoms with Crippen LogP contribution in [0.5, 0.6) is 0 Å². The molecule has 1 unspecified atom stereocenters. The van der Waals surface area contributed by atoms with E-state index in [0.717, 1.165) is 37.8 Å². The average Bonchev–Trinajstić information content (AvgIpc) is 3.19. The Morgan fingerprint density at radius 2 is 2.15 bits per heavy atom. The van der Waals surface area contributed by atoms with Crippen LogP contribution in [-0.2, 0) is 17.7 Å². The van der Waals surface area contributed by atoms with Crippen LogP contribution in [0, 0.1) is 0 Å². The molecule has 0 bridgehead atoms. The Kier molecular flexibility index (Phi) is 7.29. The van der Waals surface area contributed by atoms with Crippen LogP contribution in [0.15, 0.2) is 11.3 Å². The molecule has 2 aliphatic heterocycles. The van der Waals surface area contributed by atoms with Crippen LogP contribution in [0.3, 0.4) is 0 Å². The fourth-order valence-electron chi connectivity index (χ4n) is 3.25. The summed E-state index contributed by atoms with van der Waals surface area (Å²) in [5, 5.41) is 11.5. The molecule has 2 aliphatic rings. The maximum atomic E-state index is 12.3. The lowest BCUT2D eigenvalue weighted by Crippen LogP contribution is -2.57. The lowest BCUT2D eigenvalue weighted by Gasteiger charge is -2.39. The molecule has 0 aliphatic carbocycles. The Labute approximate surface area is 177 Å². The van der Waals surface area contributed by atoms with Crippen LogP contribution in [0.2, 0.25) is 0 Å². The number of hydrogen-bond donors (Lipinski definition) is 1. The van der Waals surface area contributed by atoms with Gasteiger partial charge in [-0.25, -0.2) is 4.79 Å². The first-order chi connectivity index (χ1) is 12.4. The summed E-state index contributed by atoms with van der Waals surface area (Å²) in [4.78, 5) is 20.9. The van der Waals surface area contributed by atoms with E-state index >= 15 is 0 Å². The standard InChI is InChI=1S/C17H29N7O2.HI/c1-5-14-21-20-12-23(14)7-6-18-15-19-10-13-11-22(8-9-24(13)15)16(25)26-17(2,3)4;/h12-13H,5-11H2,1-4H3,(H,18,19);1H. The fraction of sp³-hybridized carbons (Fsp3) is 0.765. The van der Waals surface area contributed by atoms with Gasteiger partial charge >= 0.3 is 6.09 Å². The highest BCUT2D eigenvalue weighted by Gasteiger charge is 2.36. The molecule has 10 heteroatoms. The molecule has 0 radical (unpaired) electrons. The number of aliphatic imine (C=N–C) groups is 1. The Morgan fingerprint density at radius 1 is 1.37 bits per heavy atom. The normalized spacial score (nSPS) is 19.3. The summed E-state index contributed by atoms with van der Waals surface area (Å²) >= 11 is 0. The molecule has 1 saturated heterocycles. The lowest BCUT2D eigenvalue weighted by molar-refractivity contribution is 0.0137. The molecule has 27 heavy (non-hydrogen) atoms.